The number of nitrogens with zero attached hydrogens (tertiary/aromatic N) is 6. The molecule has 8 nitrogen and oxygen atoms in total. The Kier molecular flexibility index (Phi) is 6.43. The van der Waals surface area contributed by atoms with Gasteiger partial charge in [0.15, 0.2) is 5.82 Å². The Balaban J connectivity index is 1.39. The smallest absolute Gasteiger partial charge is 0.253 e. The van der Waals surface area contributed by atoms with Crippen LogP contribution in [0.3, 0.4) is 0 Å². The molecule has 0 aliphatic carbocycles. The van der Waals surface area contributed by atoms with Gasteiger partial charge >= 0.3 is 0 Å². The summed E-state index contributed by atoms with van der Waals surface area (Å²) in [5.41, 5.74) is 4.38. The van der Waals surface area contributed by atoms with Gasteiger partial charge in [-0.05, 0) is 70.3 Å². The second-order valence-corrected chi connectivity index (χ2v) is 9.73. The zero-order valence-corrected chi connectivity index (χ0v) is 21.1. The summed E-state index contributed by atoms with van der Waals surface area (Å²) in [4.78, 5) is 21.2. The molecular weight excluding hydrogens is 481 g/mol. The van der Waals surface area contributed by atoms with Crippen LogP contribution in [0.4, 0.5) is 10.1 Å². The van der Waals surface area contributed by atoms with Crippen LogP contribution in [0.5, 0.6) is 0 Å². The van der Waals surface area contributed by atoms with E-state index in [4.69, 9.17) is 0 Å². The molecule has 3 heterocycles. The minimum atomic E-state index is -0.446. The number of aromatic amines is 1. The minimum absolute atomic E-state index is 0.157. The van der Waals surface area contributed by atoms with Gasteiger partial charge in [-0.2, -0.15) is 0 Å². The van der Waals surface area contributed by atoms with Crippen LogP contribution in [0.25, 0.3) is 10.9 Å². The Bertz CT molecular complexity index is 1610. The topological polar surface area (TPSA) is 82.9 Å². The summed E-state index contributed by atoms with van der Waals surface area (Å²) < 4.78 is 15.2. The van der Waals surface area contributed by atoms with Crippen LogP contribution in [0, 0.1) is 12.7 Å². The van der Waals surface area contributed by atoms with Crippen molar-refractivity contribution in [2.24, 2.45) is 0 Å². The Morgan fingerprint density at radius 2 is 1.71 bits per heavy atom. The lowest BCUT2D eigenvalue weighted by Gasteiger charge is -2.39. The van der Waals surface area contributed by atoms with Crippen molar-refractivity contribution in [2.45, 2.75) is 19.5 Å². The fourth-order valence-corrected chi connectivity index (χ4v) is 5.19. The first-order valence-electron chi connectivity index (χ1n) is 12.7. The monoisotopic (exact) mass is 509 g/mol. The summed E-state index contributed by atoms with van der Waals surface area (Å²) in [7, 11) is 0. The van der Waals surface area contributed by atoms with Crippen molar-refractivity contribution in [1.82, 2.24) is 30.1 Å². The van der Waals surface area contributed by atoms with Gasteiger partial charge in [0.05, 0.1) is 6.54 Å². The second kappa shape index (κ2) is 10.2. The molecule has 0 saturated carbocycles. The van der Waals surface area contributed by atoms with Gasteiger partial charge in [-0.1, -0.05) is 42.5 Å². The van der Waals surface area contributed by atoms with Crippen molar-refractivity contribution >= 4 is 16.6 Å². The maximum Gasteiger partial charge on any atom is 0.253 e. The number of hydrogen-bond donors (Lipinski definition) is 1. The number of fused-ring (bicyclic) bond motifs is 1. The van der Waals surface area contributed by atoms with Gasteiger partial charge in [-0.15, -0.1) is 5.10 Å². The average Bonchev–Trinajstić information content (AvgIpc) is 3.39. The van der Waals surface area contributed by atoms with Crippen LogP contribution in [0.2, 0.25) is 0 Å². The third-order valence-electron chi connectivity index (χ3n) is 7.18. The van der Waals surface area contributed by atoms with Crippen LogP contribution in [0.15, 0.2) is 83.7 Å². The van der Waals surface area contributed by atoms with Crippen molar-refractivity contribution < 1.29 is 4.39 Å². The molecule has 1 fully saturated rings. The second-order valence-electron chi connectivity index (χ2n) is 9.73. The number of nitrogens with one attached hydrogen (secondary N) is 1. The fraction of sp³-hybridized carbons (Fsp3) is 0.241. The summed E-state index contributed by atoms with van der Waals surface area (Å²) in [6.45, 7) is 5.45. The lowest BCUT2D eigenvalue weighted by atomic mass is 10.0. The molecule has 1 unspecified atom stereocenters. The molecular formula is C29H28FN7O. The number of hydrogen-bond acceptors (Lipinski definition) is 6. The van der Waals surface area contributed by atoms with Crippen LogP contribution in [-0.2, 0) is 6.54 Å². The first-order chi connectivity index (χ1) is 18.5. The highest BCUT2D eigenvalue weighted by Gasteiger charge is 2.32. The molecule has 2 aromatic heterocycles. The van der Waals surface area contributed by atoms with E-state index < -0.39 is 6.04 Å². The SMILES string of the molecule is Cc1ccc2cc(C(c3nnnn3Cc3ccc(F)cc3)N3CCN(c4ccccc4)CC3)c(=O)[nH]c2c1. The number of tetrazole rings is 1. The number of piperazine rings is 1. The summed E-state index contributed by atoms with van der Waals surface area (Å²) >= 11 is 0. The van der Waals surface area contributed by atoms with E-state index in [-0.39, 0.29) is 11.4 Å². The number of rotatable bonds is 6. The maximum atomic E-state index is 13.5. The summed E-state index contributed by atoms with van der Waals surface area (Å²) in [5.74, 6) is 0.289. The van der Waals surface area contributed by atoms with Gasteiger partial charge in [0.1, 0.15) is 11.9 Å². The third kappa shape index (κ3) is 4.80. The number of pyridine rings is 1. The number of benzene rings is 3. The number of para-hydroxylation sites is 1. The van der Waals surface area contributed by atoms with Crippen LogP contribution >= 0.6 is 0 Å². The molecule has 1 aliphatic rings. The van der Waals surface area contributed by atoms with E-state index in [9.17, 15) is 9.18 Å². The standard InChI is InChI=1S/C29H28FN7O/c1-20-7-10-22-18-25(29(38)31-26(22)17-20)27(36-15-13-35(14-16-36)24-5-3-2-4-6-24)28-32-33-34-37(28)19-21-8-11-23(30)12-9-21/h2-12,17-18,27H,13-16,19H2,1H3,(H,31,38). The number of H-pyrrole nitrogens is 1. The number of aryl methyl sites for hydroxylation is 1. The van der Waals surface area contributed by atoms with E-state index in [1.807, 2.05) is 49.4 Å². The Morgan fingerprint density at radius 1 is 0.947 bits per heavy atom. The molecule has 5 aromatic rings. The van der Waals surface area contributed by atoms with Gasteiger partial charge < -0.3 is 9.88 Å². The highest BCUT2D eigenvalue weighted by Crippen LogP contribution is 2.29. The van der Waals surface area contributed by atoms with Crippen molar-refractivity contribution in [3.8, 4) is 0 Å². The van der Waals surface area contributed by atoms with Gasteiger partial charge in [0, 0.05) is 42.9 Å². The van der Waals surface area contributed by atoms with Gasteiger partial charge in [-0.25, -0.2) is 9.07 Å². The Hall–Kier alpha value is -4.37. The van der Waals surface area contributed by atoms with Gasteiger partial charge in [-0.3, -0.25) is 9.69 Å². The van der Waals surface area contributed by atoms with Gasteiger partial charge in [0.25, 0.3) is 5.56 Å². The molecule has 1 N–H and O–H groups in total. The molecule has 1 saturated heterocycles. The van der Waals surface area contributed by atoms with Crippen LogP contribution in [0.1, 0.15) is 28.6 Å². The molecule has 0 bridgehead atoms. The van der Waals surface area contributed by atoms with E-state index in [0.29, 0.717) is 17.9 Å². The van der Waals surface area contributed by atoms with E-state index in [0.717, 1.165) is 48.2 Å². The van der Waals surface area contributed by atoms with E-state index in [1.54, 1.807) is 16.8 Å². The molecule has 38 heavy (non-hydrogen) atoms. The quantitative estimate of drug-likeness (QED) is 0.374. The van der Waals surface area contributed by atoms with Gasteiger partial charge in [0.2, 0.25) is 0 Å². The van der Waals surface area contributed by atoms with Crippen LogP contribution < -0.4 is 10.5 Å². The van der Waals surface area contributed by atoms with Crippen molar-refractivity contribution in [3.05, 3.63) is 118 Å². The first kappa shape index (κ1) is 24.0. The molecule has 3 aromatic carbocycles. The van der Waals surface area contributed by atoms with Crippen molar-refractivity contribution in [3.63, 3.8) is 0 Å². The van der Waals surface area contributed by atoms with E-state index in [2.05, 4.69) is 42.4 Å². The summed E-state index contributed by atoms with van der Waals surface area (Å²) in [6.07, 6.45) is 0. The molecule has 0 spiro atoms. The third-order valence-corrected chi connectivity index (χ3v) is 7.18. The largest absolute Gasteiger partial charge is 0.369 e. The Labute approximate surface area is 219 Å². The normalized spacial score (nSPS) is 15.2. The predicted octanol–water partition coefficient (Wildman–Crippen LogP) is 3.92. The summed E-state index contributed by atoms with van der Waals surface area (Å²) in [6, 6.07) is 24.2. The van der Waals surface area contributed by atoms with Crippen molar-refractivity contribution in [2.75, 3.05) is 31.1 Å². The molecule has 1 atom stereocenters. The number of halogens is 1. The highest BCUT2D eigenvalue weighted by molar-refractivity contribution is 5.79. The molecule has 1 aliphatic heterocycles. The number of aromatic nitrogens is 5. The minimum Gasteiger partial charge on any atom is -0.369 e. The molecule has 9 heteroatoms. The highest BCUT2D eigenvalue weighted by atomic mass is 19.1. The molecule has 6 rings (SSSR count). The molecule has 0 amide bonds. The summed E-state index contributed by atoms with van der Waals surface area (Å²) in [5, 5.41) is 13.6. The fourth-order valence-electron chi connectivity index (χ4n) is 5.19. The number of anilines is 1. The lowest BCUT2D eigenvalue weighted by molar-refractivity contribution is 0.200. The Morgan fingerprint density at radius 3 is 2.47 bits per heavy atom. The van der Waals surface area contributed by atoms with E-state index >= 15 is 0 Å². The zero-order valence-electron chi connectivity index (χ0n) is 21.1. The lowest BCUT2D eigenvalue weighted by Crippen LogP contribution is -2.49. The van der Waals surface area contributed by atoms with Crippen LogP contribution in [-0.4, -0.2) is 56.3 Å². The zero-order chi connectivity index (χ0) is 26.1. The maximum absolute atomic E-state index is 13.5. The van der Waals surface area contributed by atoms with Crippen molar-refractivity contribution in [1.29, 1.82) is 0 Å². The molecule has 0 radical (unpaired) electrons. The molecule has 192 valence electrons. The average molecular weight is 510 g/mol. The predicted molar refractivity (Wildman–Crippen MR) is 145 cm³/mol. The first-order valence-corrected chi connectivity index (χ1v) is 12.7. The van der Waals surface area contributed by atoms with E-state index in [1.165, 1.54) is 17.8 Å².